The predicted molar refractivity (Wildman–Crippen MR) is 95.7 cm³/mol. The highest BCUT2D eigenvalue weighted by Crippen LogP contribution is 2.27. The fraction of sp³-hybridized carbons (Fsp3) is 0.471. The quantitative estimate of drug-likeness (QED) is 0.730. The molecule has 0 unspecified atom stereocenters. The minimum atomic E-state index is -0.427. The van der Waals surface area contributed by atoms with Crippen LogP contribution in [0.3, 0.4) is 0 Å². The number of likely N-dealkylation sites (tertiary alicyclic amines) is 1. The summed E-state index contributed by atoms with van der Waals surface area (Å²) in [5.74, 6) is -0.345. The number of carbonyl (C=O) groups excluding carboxylic acids is 3. The Hall–Kier alpha value is -2.09. The van der Waals surface area contributed by atoms with E-state index in [1.165, 1.54) is 6.92 Å². The fourth-order valence-electron chi connectivity index (χ4n) is 2.87. The zero-order valence-corrected chi connectivity index (χ0v) is 15.6. The third kappa shape index (κ3) is 6.04. The Morgan fingerprint density at radius 3 is 2.80 bits per heavy atom. The van der Waals surface area contributed by atoms with E-state index in [9.17, 15) is 14.4 Å². The largest absolute Gasteiger partial charge is 0.490 e. The first-order valence-electron chi connectivity index (χ1n) is 8.08. The molecule has 2 atom stereocenters. The van der Waals surface area contributed by atoms with Crippen molar-refractivity contribution in [3.8, 4) is 5.75 Å². The lowest BCUT2D eigenvalue weighted by atomic mass is 9.91. The molecule has 1 fully saturated rings. The maximum absolute atomic E-state index is 12.2. The number of halogens is 1. The number of amides is 3. The Morgan fingerprint density at radius 1 is 1.40 bits per heavy atom. The van der Waals surface area contributed by atoms with E-state index in [0.717, 1.165) is 4.47 Å². The van der Waals surface area contributed by atoms with Crippen LogP contribution >= 0.6 is 15.9 Å². The van der Waals surface area contributed by atoms with Gasteiger partial charge >= 0.3 is 0 Å². The lowest BCUT2D eigenvalue weighted by molar-refractivity contribution is -0.136. The zero-order valence-electron chi connectivity index (χ0n) is 14.0. The van der Waals surface area contributed by atoms with Crippen LogP contribution in [0.15, 0.2) is 28.7 Å². The van der Waals surface area contributed by atoms with E-state index in [4.69, 9.17) is 10.5 Å². The van der Waals surface area contributed by atoms with E-state index in [0.29, 0.717) is 25.3 Å². The molecule has 1 saturated heterocycles. The topological polar surface area (TPSA) is 102 Å². The molecule has 8 heteroatoms. The van der Waals surface area contributed by atoms with Crippen molar-refractivity contribution in [2.75, 3.05) is 19.6 Å². The number of piperidine rings is 1. The summed E-state index contributed by atoms with van der Waals surface area (Å²) in [5, 5.41) is 2.50. The van der Waals surface area contributed by atoms with Gasteiger partial charge in [0, 0.05) is 43.2 Å². The van der Waals surface area contributed by atoms with E-state index in [1.54, 1.807) is 4.90 Å². The van der Waals surface area contributed by atoms with E-state index < -0.39 is 5.91 Å². The Kier molecular flexibility index (Phi) is 6.81. The third-order valence-corrected chi connectivity index (χ3v) is 4.55. The van der Waals surface area contributed by atoms with Crippen LogP contribution in [0.5, 0.6) is 5.75 Å². The second-order valence-corrected chi connectivity index (χ2v) is 7.00. The van der Waals surface area contributed by atoms with Gasteiger partial charge in [-0.2, -0.15) is 0 Å². The van der Waals surface area contributed by atoms with Crippen molar-refractivity contribution < 1.29 is 19.1 Å². The van der Waals surface area contributed by atoms with Gasteiger partial charge in [0.25, 0.3) is 0 Å². The van der Waals surface area contributed by atoms with E-state index in [-0.39, 0.29) is 36.8 Å². The highest BCUT2D eigenvalue weighted by atomic mass is 79.9. The maximum Gasteiger partial charge on any atom is 0.241 e. The molecule has 0 saturated carbocycles. The molecule has 1 heterocycles. The number of primary amides is 1. The van der Waals surface area contributed by atoms with E-state index in [1.807, 2.05) is 24.3 Å². The molecule has 3 amide bonds. The van der Waals surface area contributed by atoms with Crippen molar-refractivity contribution in [2.24, 2.45) is 11.7 Å². The Bertz CT molecular complexity index is 653. The Balaban J connectivity index is 2.02. The van der Waals surface area contributed by atoms with Crippen LogP contribution in [0.1, 0.15) is 19.8 Å². The number of nitrogens with one attached hydrogen (secondary N) is 1. The lowest BCUT2D eigenvalue weighted by Crippen LogP contribution is -2.51. The Morgan fingerprint density at radius 2 is 2.16 bits per heavy atom. The first-order valence-corrected chi connectivity index (χ1v) is 8.87. The second kappa shape index (κ2) is 8.84. The molecular formula is C17H22BrN3O4. The molecule has 0 radical (unpaired) electrons. The summed E-state index contributed by atoms with van der Waals surface area (Å²) in [6.07, 6.45) is 0.533. The van der Waals surface area contributed by atoms with Gasteiger partial charge in [0.1, 0.15) is 11.9 Å². The summed E-state index contributed by atoms with van der Waals surface area (Å²) < 4.78 is 6.93. The van der Waals surface area contributed by atoms with Crippen LogP contribution in [0.4, 0.5) is 0 Å². The smallest absolute Gasteiger partial charge is 0.241 e. The molecule has 136 valence electrons. The van der Waals surface area contributed by atoms with Crippen molar-refractivity contribution in [1.29, 1.82) is 0 Å². The lowest BCUT2D eigenvalue weighted by Gasteiger charge is -2.38. The summed E-state index contributed by atoms with van der Waals surface area (Å²) in [6, 6.07) is 7.47. The minimum absolute atomic E-state index is 0.0459. The monoisotopic (exact) mass is 411 g/mol. The molecule has 1 aliphatic heterocycles. The predicted octanol–water partition coefficient (Wildman–Crippen LogP) is 1.06. The molecule has 3 N–H and O–H groups in total. The molecule has 1 aliphatic rings. The van der Waals surface area contributed by atoms with Gasteiger partial charge in [-0.3, -0.25) is 14.4 Å². The molecule has 1 aromatic carbocycles. The third-order valence-electron chi connectivity index (χ3n) is 4.05. The molecule has 0 spiro atoms. The van der Waals surface area contributed by atoms with Crippen LogP contribution in [0.25, 0.3) is 0 Å². The zero-order chi connectivity index (χ0) is 18.4. The summed E-state index contributed by atoms with van der Waals surface area (Å²) >= 11 is 3.40. The first-order chi connectivity index (χ1) is 11.8. The number of nitrogens with zero attached hydrogens (tertiary/aromatic N) is 1. The van der Waals surface area contributed by atoms with Gasteiger partial charge in [-0.15, -0.1) is 0 Å². The van der Waals surface area contributed by atoms with Gasteiger partial charge in [-0.05, 0) is 18.2 Å². The first kappa shape index (κ1) is 19.2. The second-order valence-electron chi connectivity index (χ2n) is 6.08. The standard InChI is InChI=1S/C17H22BrN3O4/c1-11(22)20-9-17(24)21-6-5-15(12(10-21)7-16(19)23)25-14-4-2-3-13(18)8-14/h2-4,8,12,15H,5-7,9-10H2,1H3,(H2,19,23)(H,20,22)/t12-,15-/m0/s1. The minimum Gasteiger partial charge on any atom is -0.490 e. The fourth-order valence-corrected chi connectivity index (χ4v) is 3.25. The number of ether oxygens (including phenoxy) is 1. The highest BCUT2D eigenvalue weighted by Gasteiger charge is 2.33. The molecule has 0 bridgehead atoms. The highest BCUT2D eigenvalue weighted by molar-refractivity contribution is 9.10. The molecule has 2 rings (SSSR count). The van der Waals surface area contributed by atoms with Crippen LogP contribution in [-0.4, -0.2) is 48.4 Å². The van der Waals surface area contributed by atoms with Crippen molar-refractivity contribution >= 4 is 33.7 Å². The van der Waals surface area contributed by atoms with Gasteiger partial charge in [-0.1, -0.05) is 22.0 Å². The van der Waals surface area contributed by atoms with Gasteiger partial charge in [0.15, 0.2) is 0 Å². The van der Waals surface area contributed by atoms with Gasteiger partial charge < -0.3 is 20.7 Å². The van der Waals surface area contributed by atoms with Gasteiger partial charge in [0.05, 0.1) is 6.54 Å². The van der Waals surface area contributed by atoms with Gasteiger partial charge in [0.2, 0.25) is 17.7 Å². The molecule has 25 heavy (non-hydrogen) atoms. The molecular weight excluding hydrogens is 390 g/mol. The SMILES string of the molecule is CC(=O)NCC(=O)N1CC[C@H](Oc2cccc(Br)c2)[C@@H](CC(N)=O)C1. The number of benzene rings is 1. The van der Waals surface area contributed by atoms with Crippen molar-refractivity contribution in [3.05, 3.63) is 28.7 Å². The van der Waals surface area contributed by atoms with E-state index in [2.05, 4.69) is 21.2 Å². The molecule has 0 aromatic heterocycles. The van der Waals surface area contributed by atoms with Crippen LogP contribution in [0, 0.1) is 5.92 Å². The number of hydrogen-bond donors (Lipinski definition) is 2. The normalized spacial score (nSPS) is 20.0. The summed E-state index contributed by atoms with van der Waals surface area (Å²) in [4.78, 5) is 36.2. The van der Waals surface area contributed by atoms with Crippen molar-refractivity contribution in [2.45, 2.75) is 25.9 Å². The summed E-state index contributed by atoms with van der Waals surface area (Å²) in [7, 11) is 0. The number of rotatable bonds is 6. The van der Waals surface area contributed by atoms with Crippen molar-refractivity contribution in [3.63, 3.8) is 0 Å². The average Bonchev–Trinajstić information content (AvgIpc) is 2.53. The molecule has 1 aromatic rings. The number of hydrogen-bond acceptors (Lipinski definition) is 4. The average molecular weight is 412 g/mol. The van der Waals surface area contributed by atoms with Crippen LogP contribution in [0.2, 0.25) is 0 Å². The van der Waals surface area contributed by atoms with Gasteiger partial charge in [-0.25, -0.2) is 0 Å². The van der Waals surface area contributed by atoms with Crippen LogP contribution in [-0.2, 0) is 14.4 Å². The number of nitrogens with two attached hydrogens (primary N) is 1. The number of carbonyl (C=O) groups is 3. The maximum atomic E-state index is 12.2. The Labute approximate surface area is 155 Å². The molecule has 0 aliphatic carbocycles. The summed E-state index contributed by atoms with van der Waals surface area (Å²) in [5.41, 5.74) is 5.36. The van der Waals surface area contributed by atoms with E-state index >= 15 is 0 Å². The summed E-state index contributed by atoms with van der Waals surface area (Å²) in [6.45, 7) is 2.20. The van der Waals surface area contributed by atoms with Crippen LogP contribution < -0.4 is 15.8 Å². The van der Waals surface area contributed by atoms with Crippen molar-refractivity contribution in [1.82, 2.24) is 10.2 Å². The molecule has 7 nitrogen and oxygen atoms in total.